The lowest BCUT2D eigenvalue weighted by Gasteiger charge is -2.08. The third kappa shape index (κ3) is 1.31. The minimum atomic E-state index is -1.56. The Morgan fingerprint density at radius 2 is 1.36 bits per heavy atom. The maximum absolute atomic E-state index is 10.6. The molecule has 1 rings (SSSR count). The standard InChI is InChI=1S/C7H5BrO6/c8-2-1(7(13)14)3(9)5(11)6(12)4(2)10/h9-12H,(H,13,14). The summed E-state index contributed by atoms with van der Waals surface area (Å²) in [5.74, 6) is -5.49. The van der Waals surface area contributed by atoms with Gasteiger partial charge in [-0.3, -0.25) is 0 Å². The average molecular weight is 265 g/mol. The SMILES string of the molecule is O=C(O)c1c(O)c(O)c(O)c(O)c1Br. The van der Waals surface area contributed by atoms with E-state index >= 15 is 0 Å². The first kappa shape index (κ1) is 10.5. The van der Waals surface area contributed by atoms with Gasteiger partial charge in [-0.05, 0) is 15.9 Å². The largest absolute Gasteiger partial charge is 0.504 e. The number of carboxylic acid groups (broad SMARTS) is 1. The van der Waals surface area contributed by atoms with Crippen LogP contribution in [0.4, 0.5) is 0 Å². The van der Waals surface area contributed by atoms with Crippen LogP contribution in [0, 0.1) is 0 Å². The van der Waals surface area contributed by atoms with Crippen molar-refractivity contribution in [3.05, 3.63) is 10.0 Å². The smallest absolute Gasteiger partial charge is 0.340 e. The van der Waals surface area contributed by atoms with Crippen LogP contribution in [-0.2, 0) is 0 Å². The van der Waals surface area contributed by atoms with E-state index in [0.29, 0.717) is 0 Å². The predicted octanol–water partition coefficient (Wildman–Crippen LogP) is 0.970. The minimum absolute atomic E-state index is 0.405. The number of aromatic hydroxyl groups is 4. The summed E-state index contributed by atoms with van der Waals surface area (Å²) in [4.78, 5) is 10.6. The molecule has 0 heterocycles. The number of benzene rings is 1. The summed E-state index contributed by atoms with van der Waals surface area (Å²) in [6.07, 6.45) is 0. The highest BCUT2D eigenvalue weighted by Crippen LogP contribution is 2.49. The third-order valence-electron chi connectivity index (χ3n) is 1.55. The van der Waals surface area contributed by atoms with Gasteiger partial charge in [-0.15, -0.1) is 0 Å². The summed E-state index contributed by atoms with van der Waals surface area (Å²) in [7, 11) is 0. The summed E-state index contributed by atoms with van der Waals surface area (Å²) >= 11 is 2.65. The van der Waals surface area contributed by atoms with E-state index in [0.717, 1.165) is 0 Å². The van der Waals surface area contributed by atoms with Gasteiger partial charge in [0, 0.05) is 0 Å². The maximum Gasteiger partial charge on any atom is 0.340 e. The molecule has 6 nitrogen and oxygen atoms in total. The van der Waals surface area contributed by atoms with E-state index in [1.54, 1.807) is 0 Å². The molecule has 1 aromatic carbocycles. The number of aromatic carboxylic acids is 1. The van der Waals surface area contributed by atoms with Gasteiger partial charge in [0.25, 0.3) is 0 Å². The van der Waals surface area contributed by atoms with Crippen LogP contribution in [0.1, 0.15) is 10.4 Å². The van der Waals surface area contributed by atoms with Gasteiger partial charge in [0.05, 0.1) is 4.47 Å². The van der Waals surface area contributed by atoms with Crippen molar-refractivity contribution < 1.29 is 30.3 Å². The molecule has 0 aromatic heterocycles. The molecular weight excluding hydrogens is 260 g/mol. The molecule has 0 aliphatic heterocycles. The van der Waals surface area contributed by atoms with Crippen molar-refractivity contribution in [2.75, 3.05) is 0 Å². The fourth-order valence-electron chi connectivity index (χ4n) is 0.864. The molecule has 0 spiro atoms. The summed E-state index contributed by atoms with van der Waals surface area (Å²) in [6.45, 7) is 0. The summed E-state index contributed by atoms with van der Waals surface area (Å²) in [6, 6.07) is 0. The third-order valence-corrected chi connectivity index (χ3v) is 2.32. The highest BCUT2D eigenvalue weighted by atomic mass is 79.9. The van der Waals surface area contributed by atoms with Gasteiger partial charge < -0.3 is 25.5 Å². The van der Waals surface area contributed by atoms with Crippen LogP contribution in [0.15, 0.2) is 4.47 Å². The molecule has 0 atom stereocenters. The normalized spacial score (nSPS) is 10.1. The highest BCUT2D eigenvalue weighted by Gasteiger charge is 2.25. The van der Waals surface area contributed by atoms with Crippen LogP contribution < -0.4 is 0 Å². The molecule has 0 fully saturated rings. The second-order valence-electron chi connectivity index (χ2n) is 2.39. The quantitative estimate of drug-likeness (QED) is 0.381. The second kappa shape index (κ2) is 3.26. The second-order valence-corrected chi connectivity index (χ2v) is 3.18. The molecular formula is C7H5BrO6. The molecule has 7 heteroatoms. The molecule has 5 N–H and O–H groups in total. The van der Waals surface area contributed by atoms with E-state index in [2.05, 4.69) is 15.9 Å². The van der Waals surface area contributed by atoms with Gasteiger partial charge in [-0.25, -0.2) is 4.79 Å². The molecule has 0 aliphatic rings. The van der Waals surface area contributed by atoms with Crippen LogP contribution in [0.3, 0.4) is 0 Å². The van der Waals surface area contributed by atoms with Crippen LogP contribution in [0.2, 0.25) is 0 Å². The first-order valence-corrected chi connectivity index (χ1v) is 4.05. The van der Waals surface area contributed by atoms with Gasteiger partial charge in [-0.2, -0.15) is 0 Å². The summed E-state index contributed by atoms with van der Waals surface area (Å²) in [5, 5.41) is 44.8. The fourth-order valence-corrected chi connectivity index (χ4v) is 1.41. The molecule has 14 heavy (non-hydrogen) atoms. The molecule has 0 amide bonds. The van der Waals surface area contributed by atoms with Crippen molar-refractivity contribution in [3.63, 3.8) is 0 Å². The van der Waals surface area contributed by atoms with Gasteiger partial charge in [0.1, 0.15) is 5.56 Å². The highest BCUT2D eigenvalue weighted by molar-refractivity contribution is 9.10. The first-order chi connectivity index (χ1) is 6.37. The van der Waals surface area contributed by atoms with Crippen LogP contribution in [-0.4, -0.2) is 31.5 Å². The minimum Gasteiger partial charge on any atom is -0.504 e. The summed E-state index contributed by atoms with van der Waals surface area (Å²) < 4.78 is -0.405. The molecule has 0 saturated heterocycles. The van der Waals surface area contributed by atoms with E-state index in [9.17, 15) is 4.79 Å². The molecule has 1 aromatic rings. The zero-order valence-electron chi connectivity index (χ0n) is 6.52. The Labute approximate surface area is 85.8 Å². The van der Waals surface area contributed by atoms with Gasteiger partial charge in [-0.1, -0.05) is 0 Å². The first-order valence-electron chi connectivity index (χ1n) is 3.26. The summed E-state index contributed by atoms with van der Waals surface area (Å²) in [5.41, 5.74) is -0.724. The van der Waals surface area contributed by atoms with Crippen LogP contribution in [0.5, 0.6) is 23.0 Å². The Kier molecular flexibility index (Phi) is 2.43. The number of hydrogen-bond acceptors (Lipinski definition) is 5. The molecule has 0 aliphatic carbocycles. The number of carbonyl (C=O) groups is 1. The number of hydrogen-bond donors (Lipinski definition) is 5. The number of phenols is 4. The van der Waals surface area contributed by atoms with Crippen molar-refractivity contribution in [2.45, 2.75) is 0 Å². The van der Waals surface area contributed by atoms with Gasteiger partial charge >= 0.3 is 5.97 Å². The van der Waals surface area contributed by atoms with E-state index < -0.39 is 39.0 Å². The lowest BCUT2D eigenvalue weighted by Crippen LogP contribution is -1.98. The Morgan fingerprint density at radius 1 is 0.929 bits per heavy atom. The zero-order valence-corrected chi connectivity index (χ0v) is 8.11. The van der Waals surface area contributed by atoms with Crippen molar-refractivity contribution in [3.8, 4) is 23.0 Å². The number of carboxylic acids is 1. The van der Waals surface area contributed by atoms with Crippen molar-refractivity contribution in [1.29, 1.82) is 0 Å². The Balaban J connectivity index is 3.68. The van der Waals surface area contributed by atoms with E-state index in [4.69, 9.17) is 25.5 Å². The zero-order chi connectivity index (χ0) is 11.0. The number of halogens is 1. The average Bonchev–Trinajstić information content (AvgIpc) is 2.11. The fraction of sp³-hybridized carbons (Fsp3) is 0. The number of rotatable bonds is 1. The monoisotopic (exact) mass is 264 g/mol. The van der Waals surface area contributed by atoms with Gasteiger partial charge in [0.2, 0.25) is 11.5 Å². The number of phenolic OH excluding ortho intramolecular Hbond substituents is 3. The molecule has 76 valence electrons. The Morgan fingerprint density at radius 3 is 1.79 bits per heavy atom. The molecule has 0 unspecified atom stereocenters. The molecule has 0 saturated carbocycles. The van der Waals surface area contributed by atoms with E-state index in [1.807, 2.05) is 0 Å². The van der Waals surface area contributed by atoms with Crippen molar-refractivity contribution in [1.82, 2.24) is 0 Å². The maximum atomic E-state index is 10.6. The predicted molar refractivity (Wildman–Crippen MR) is 47.8 cm³/mol. The van der Waals surface area contributed by atoms with Crippen LogP contribution >= 0.6 is 15.9 Å². The lowest BCUT2D eigenvalue weighted by molar-refractivity contribution is 0.0691. The van der Waals surface area contributed by atoms with E-state index in [-0.39, 0.29) is 0 Å². The topological polar surface area (TPSA) is 118 Å². The Bertz CT molecular complexity index is 384. The van der Waals surface area contributed by atoms with Crippen molar-refractivity contribution in [2.24, 2.45) is 0 Å². The molecule has 0 bridgehead atoms. The lowest BCUT2D eigenvalue weighted by atomic mass is 10.1. The van der Waals surface area contributed by atoms with Crippen LogP contribution in [0.25, 0.3) is 0 Å². The van der Waals surface area contributed by atoms with Gasteiger partial charge in [0.15, 0.2) is 11.5 Å². The Hall–Kier alpha value is -1.63. The van der Waals surface area contributed by atoms with Crippen molar-refractivity contribution >= 4 is 21.9 Å². The van der Waals surface area contributed by atoms with E-state index in [1.165, 1.54) is 0 Å². The molecule has 0 radical (unpaired) electrons.